The summed E-state index contributed by atoms with van der Waals surface area (Å²) in [5.41, 5.74) is 0.593. The molecule has 0 radical (unpaired) electrons. The van der Waals surface area contributed by atoms with Gasteiger partial charge < -0.3 is 10.2 Å². The molecule has 1 aliphatic heterocycles. The monoisotopic (exact) mass is 311 g/mol. The number of aromatic nitrogens is 1. The van der Waals surface area contributed by atoms with Gasteiger partial charge >= 0.3 is 0 Å². The molecule has 0 bridgehead atoms. The Morgan fingerprint density at radius 3 is 3.17 bits per heavy atom. The number of hydrogen-bond acceptors (Lipinski definition) is 3. The number of carbonyl (C=O) groups excluding carboxylic acids is 1. The zero-order valence-electron chi connectivity index (χ0n) is 10.5. The van der Waals surface area contributed by atoms with Crippen LogP contribution in [-0.4, -0.2) is 42.0 Å². The number of carbonyl (C=O) groups is 1. The molecule has 1 aliphatic rings. The molecule has 1 unspecified atom stereocenters. The Morgan fingerprint density at radius 1 is 1.61 bits per heavy atom. The number of nitrogens with one attached hydrogen (secondary N) is 1. The standard InChI is InChI=1S/C13H18BrN3O/c1-17-8-3-2-5-10(17)9-16-13(18)11-6-4-7-15-12(11)14/h4,6-7,10H,2-3,5,8-9H2,1H3,(H,16,18). The van der Waals surface area contributed by atoms with Gasteiger partial charge in [-0.05, 0) is 54.5 Å². The topological polar surface area (TPSA) is 45.2 Å². The van der Waals surface area contributed by atoms with Gasteiger partial charge in [-0.1, -0.05) is 6.42 Å². The predicted octanol–water partition coefficient (Wildman–Crippen LogP) is 2.06. The van der Waals surface area contributed by atoms with Crippen molar-refractivity contribution in [2.45, 2.75) is 25.3 Å². The third kappa shape index (κ3) is 3.29. The summed E-state index contributed by atoms with van der Waals surface area (Å²) in [4.78, 5) is 18.4. The maximum absolute atomic E-state index is 12.0. The number of rotatable bonds is 3. The molecule has 18 heavy (non-hydrogen) atoms. The van der Waals surface area contributed by atoms with Crippen LogP contribution < -0.4 is 5.32 Å². The van der Waals surface area contributed by atoms with E-state index in [2.05, 4.69) is 38.2 Å². The van der Waals surface area contributed by atoms with Gasteiger partial charge in [-0.3, -0.25) is 4.79 Å². The van der Waals surface area contributed by atoms with Gasteiger partial charge in [-0.2, -0.15) is 0 Å². The number of halogens is 1. The molecule has 0 aliphatic carbocycles. The fourth-order valence-electron chi connectivity index (χ4n) is 2.26. The Morgan fingerprint density at radius 2 is 2.44 bits per heavy atom. The fraction of sp³-hybridized carbons (Fsp3) is 0.538. The Hall–Kier alpha value is -0.940. The molecule has 1 N–H and O–H groups in total. The number of nitrogens with zero attached hydrogens (tertiary/aromatic N) is 2. The molecule has 2 rings (SSSR count). The average Bonchev–Trinajstić information content (AvgIpc) is 2.38. The third-order valence-corrected chi connectivity index (χ3v) is 4.06. The predicted molar refractivity (Wildman–Crippen MR) is 74.5 cm³/mol. The van der Waals surface area contributed by atoms with Crippen LogP contribution in [0.4, 0.5) is 0 Å². The quantitative estimate of drug-likeness (QED) is 0.869. The van der Waals surface area contributed by atoms with Crippen molar-refractivity contribution in [1.82, 2.24) is 15.2 Å². The number of hydrogen-bond donors (Lipinski definition) is 1. The van der Waals surface area contributed by atoms with E-state index in [1.165, 1.54) is 12.8 Å². The molecule has 0 saturated carbocycles. The largest absolute Gasteiger partial charge is 0.350 e. The van der Waals surface area contributed by atoms with Crippen LogP contribution >= 0.6 is 15.9 Å². The number of likely N-dealkylation sites (N-methyl/N-ethyl adjacent to an activating group) is 1. The lowest BCUT2D eigenvalue weighted by molar-refractivity contribution is 0.0927. The minimum Gasteiger partial charge on any atom is -0.350 e. The molecule has 2 heterocycles. The van der Waals surface area contributed by atoms with E-state index in [1.54, 1.807) is 18.3 Å². The van der Waals surface area contributed by atoms with Crippen LogP contribution in [0.3, 0.4) is 0 Å². The van der Waals surface area contributed by atoms with Gasteiger partial charge in [-0.15, -0.1) is 0 Å². The van der Waals surface area contributed by atoms with Crippen molar-refractivity contribution in [2.75, 3.05) is 20.1 Å². The van der Waals surface area contributed by atoms with Crippen LogP contribution in [0.25, 0.3) is 0 Å². The van der Waals surface area contributed by atoms with E-state index in [0.717, 1.165) is 13.0 Å². The van der Waals surface area contributed by atoms with Crippen molar-refractivity contribution in [1.29, 1.82) is 0 Å². The van der Waals surface area contributed by atoms with Crippen LogP contribution in [0, 0.1) is 0 Å². The van der Waals surface area contributed by atoms with E-state index in [4.69, 9.17) is 0 Å². The van der Waals surface area contributed by atoms with E-state index >= 15 is 0 Å². The molecule has 0 spiro atoms. The SMILES string of the molecule is CN1CCCCC1CNC(=O)c1cccnc1Br. The number of amides is 1. The van der Waals surface area contributed by atoms with Crippen molar-refractivity contribution in [3.8, 4) is 0 Å². The first-order valence-corrected chi connectivity index (χ1v) is 7.06. The molecular weight excluding hydrogens is 294 g/mol. The van der Waals surface area contributed by atoms with Gasteiger partial charge in [0.25, 0.3) is 5.91 Å². The Kier molecular flexibility index (Phi) is 4.72. The van der Waals surface area contributed by atoms with Gasteiger partial charge in [-0.25, -0.2) is 4.98 Å². The highest BCUT2D eigenvalue weighted by Crippen LogP contribution is 2.15. The summed E-state index contributed by atoms with van der Waals surface area (Å²) in [6.45, 7) is 1.83. The summed E-state index contributed by atoms with van der Waals surface area (Å²) in [6, 6.07) is 4.00. The van der Waals surface area contributed by atoms with Gasteiger partial charge in [0.05, 0.1) is 5.56 Å². The van der Waals surface area contributed by atoms with E-state index < -0.39 is 0 Å². The zero-order valence-corrected chi connectivity index (χ0v) is 12.1. The lowest BCUT2D eigenvalue weighted by Gasteiger charge is -2.32. The minimum atomic E-state index is -0.0612. The van der Waals surface area contributed by atoms with Crippen molar-refractivity contribution >= 4 is 21.8 Å². The summed E-state index contributed by atoms with van der Waals surface area (Å²) in [6.07, 6.45) is 5.33. The summed E-state index contributed by atoms with van der Waals surface area (Å²) in [7, 11) is 2.12. The molecule has 1 amide bonds. The molecule has 5 heteroatoms. The maximum atomic E-state index is 12.0. The highest BCUT2D eigenvalue weighted by molar-refractivity contribution is 9.10. The van der Waals surface area contributed by atoms with Gasteiger partial charge in [0.15, 0.2) is 0 Å². The molecule has 1 aromatic rings. The lowest BCUT2D eigenvalue weighted by Crippen LogP contribution is -2.44. The Labute approximate surface area is 116 Å². The van der Waals surface area contributed by atoms with E-state index in [9.17, 15) is 4.79 Å². The fourth-order valence-corrected chi connectivity index (χ4v) is 2.69. The normalized spacial score (nSPS) is 20.7. The maximum Gasteiger partial charge on any atom is 0.254 e. The highest BCUT2D eigenvalue weighted by Gasteiger charge is 2.20. The molecule has 0 aromatic carbocycles. The van der Waals surface area contributed by atoms with Crippen LogP contribution in [0.1, 0.15) is 29.6 Å². The zero-order chi connectivity index (χ0) is 13.0. The van der Waals surface area contributed by atoms with E-state index in [1.807, 2.05) is 0 Å². The van der Waals surface area contributed by atoms with Crippen LogP contribution in [-0.2, 0) is 0 Å². The second-order valence-corrected chi connectivity index (χ2v) is 5.43. The summed E-state index contributed by atoms with van der Waals surface area (Å²) < 4.78 is 0.597. The van der Waals surface area contributed by atoms with Gasteiger partial charge in [0, 0.05) is 18.8 Å². The summed E-state index contributed by atoms with van der Waals surface area (Å²) in [5.74, 6) is -0.0612. The smallest absolute Gasteiger partial charge is 0.254 e. The lowest BCUT2D eigenvalue weighted by atomic mass is 10.0. The van der Waals surface area contributed by atoms with Crippen molar-refractivity contribution in [2.24, 2.45) is 0 Å². The second kappa shape index (κ2) is 6.29. The molecule has 1 saturated heterocycles. The number of likely N-dealkylation sites (tertiary alicyclic amines) is 1. The van der Waals surface area contributed by atoms with Crippen LogP contribution in [0.2, 0.25) is 0 Å². The van der Waals surface area contributed by atoms with E-state index in [-0.39, 0.29) is 5.91 Å². The van der Waals surface area contributed by atoms with Crippen molar-refractivity contribution in [3.63, 3.8) is 0 Å². The molecular formula is C13H18BrN3O. The summed E-state index contributed by atoms with van der Waals surface area (Å²) >= 11 is 3.29. The van der Waals surface area contributed by atoms with Crippen LogP contribution in [0.15, 0.2) is 22.9 Å². The van der Waals surface area contributed by atoms with Crippen LogP contribution in [0.5, 0.6) is 0 Å². The Bertz CT molecular complexity index is 424. The molecule has 1 atom stereocenters. The molecule has 1 fully saturated rings. The van der Waals surface area contributed by atoms with E-state index in [0.29, 0.717) is 22.8 Å². The molecule has 4 nitrogen and oxygen atoms in total. The third-order valence-electron chi connectivity index (χ3n) is 3.42. The minimum absolute atomic E-state index is 0.0612. The molecule has 98 valence electrons. The average molecular weight is 312 g/mol. The number of pyridine rings is 1. The van der Waals surface area contributed by atoms with Crippen molar-refractivity contribution in [3.05, 3.63) is 28.5 Å². The number of piperidine rings is 1. The highest BCUT2D eigenvalue weighted by atomic mass is 79.9. The first-order valence-electron chi connectivity index (χ1n) is 6.27. The first kappa shape index (κ1) is 13.5. The Balaban J connectivity index is 1.90. The van der Waals surface area contributed by atoms with Gasteiger partial charge in [0.2, 0.25) is 0 Å². The second-order valence-electron chi connectivity index (χ2n) is 4.68. The first-order chi connectivity index (χ1) is 8.68. The molecule has 1 aromatic heterocycles. The summed E-state index contributed by atoms with van der Waals surface area (Å²) in [5, 5.41) is 2.99. The van der Waals surface area contributed by atoms with Gasteiger partial charge in [0.1, 0.15) is 4.60 Å². The van der Waals surface area contributed by atoms with Crippen molar-refractivity contribution < 1.29 is 4.79 Å².